The molecule has 0 N–H and O–H groups in total. The van der Waals surface area contributed by atoms with E-state index in [9.17, 15) is 8.78 Å². The number of nitrogens with zero attached hydrogens (tertiary/aromatic N) is 3. The van der Waals surface area contributed by atoms with Crippen LogP contribution in [0.1, 0.15) is 17.9 Å². The Bertz CT molecular complexity index is 777. The highest BCUT2D eigenvalue weighted by Crippen LogP contribution is 2.33. The molecule has 2 heterocycles. The first-order valence-corrected chi connectivity index (χ1v) is 7.41. The highest BCUT2D eigenvalue weighted by Gasteiger charge is 2.18. The minimum absolute atomic E-state index is 0.00958. The summed E-state index contributed by atoms with van der Waals surface area (Å²) in [5.74, 6) is 0.264. The van der Waals surface area contributed by atoms with Crippen molar-refractivity contribution in [1.82, 2.24) is 15.1 Å². The molecule has 1 aromatic carbocycles. The molecule has 0 aliphatic carbocycles. The van der Waals surface area contributed by atoms with E-state index < -0.39 is 12.2 Å². The lowest BCUT2D eigenvalue weighted by atomic mass is 10.2. The van der Waals surface area contributed by atoms with Crippen molar-refractivity contribution in [3.05, 3.63) is 40.6 Å². The first kappa shape index (κ1) is 15.3. The van der Waals surface area contributed by atoms with Gasteiger partial charge in [0.2, 0.25) is 5.82 Å². The Labute approximate surface area is 133 Å². The SMILES string of the molecule is COc1cc(-c2nc(C(F)F)no2)ccc1OCc1cscn1. The maximum absolute atomic E-state index is 12.5. The van der Waals surface area contributed by atoms with Crippen LogP contribution in [0.2, 0.25) is 0 Å². The number of ether oxygens (including phenoxy) is 2. The quantitative estimate of drug-likeness (QED) is 0.682. The van der Waals surface area contributed by atoms with E-state index in [-0.39, 0.29) is 5.89 Å². The average Bonchev–Trinajstić information content (AvgIpc) is 3.24. The van der Waals surface area contributed by atoms with Gasteiger partial charge < -0.3 is 14.0 Å². The highest BCUT2D eigenvalue weighted by molar-refractivity contribution is 7.07. The first-order chi connectivity index (χ1) is 11.2. The van der Waals surface area contributed by atoms with E-state index in [1.165, 1.54) is 18.4 Å². The zero-order valence-electron chi connectivity index (χ0n) is 11.9. The van der Waals surface area contributed by atoms with Crippen LogP contribution in [0.25, 0.3) is 11.5 Å². The van der Waals surface area contributed by atoms with E-state index in [0.717, 1.165) is 5.69 Å². The molecule has 120 valence electrons. The van der Waals surface area contributed by atoms with Gasteiger partial charge in [-0.3, -0.25) is 0 Å². The van der Waals surface area contributed by atoms with Gasteiger partial charge in [0.1, 0.15) is 6.61 Å². The molecule has 3 aromatic rings. The topological polar surface area (TPSA) is 70.3 Å². The molecular weight excluding hydrogens is 328 g/mol. The van der Waals surface area contributed by atoms with Crippen molar-refractivity contribution < 1.29 is 22.8 Å². The van der Waals surface area contributed by atoms with Gasteiger partial charge >= 0.3 is 6.43 Å². The van der Waals surface area contributed by atoms with E-state index in [4.69, 9.17) is 14.0 Å². The highest BCUT2D eigenvalue weighted by atomic mass is 32.1. The van der Waals surface area contributed by atoms with Gasteiger partial charge in [-0.25, -0.2) is 13.8 Å². The van der Waals surface area contributed by atoms with Gasteiger partial charge in [-0.2, -0.15) is 4.98 Å². The van der Waals surface area contributed by atoms with Crippen molar-refractivity contribution in [3.63, 3.8) is 0 Å². The molecule has 0 spiro atoms. The molecule has 0 unspecified atom stereocenters. The molecule has 0 saturated carbocycles. The van der Waals surface area contributed by atoms with Crippen LogP contribution in [0.5, 0.6) is 11.5 Å². The van der Waals surface area contributed by atoms with E-state index in [1.807, 2.05) is 5.38 Å². The number of thiazole rings is 1. The molecule has 23 heavy (non-hydrogen) atoms. The molecular formula is C14H11F2N3O3S. The summed E-state index contributed by atoms with van der Waals surface area (Å²) in [7, 11) is 1.48. The molecule has 0 saturated heterocycles. The van der Waals surface area contributed by atoms with E-state index >= 15 is 0 Å². The maximum atomic E-state index is 12.5. The molecule has 0 amide bonds. The Balaban J connectivity index is 1.80. The van der Waals surface area contributed by atoms with Crippen molar-refractivity contribution in [3.8, 4) is 23.0 Å². The molecule has 0 aliphatic rings. The van der Waals surface area contributed by atoms with Crippen molar-refractivity contribution >= 4 is 11.3 Å². The number of hydrogen-bond donors (Lipinski definition) is 0. The number of hydrogen-bond acceptors (Lipinski definition) is 7. The van der Waals surface area contributed by atoms with E-state index in [1.54, 1.807) is 23.7 Å². The summed E-state index contributed by atoms with van der Waals surface area (Å²) in [6, 6.07) is 4.85. The summed E-state index contributed by atoms with van der Waals surface area (Å²) in [5, 5.41) is 5.10. The summed E-state index contributed by atoms with van der Waals surface area (Å²) in [6.07, 6.45) is -2.78. The Morgan fingerprint density at radius 1 is 1.30 bits per heavy atom. The molecule has 0 bridgehead atoms. The van der Waals surface area contributed by atoms with Crippen molar-refractivity contribution in [2.75, 3.05) is 7.11 Å². The first-order valence-electron chi connectivity index (χ1n) is 6.47. The zero-order chi connectivity index (χ0) is 16.2. The minimum Gasteiger partial charge on any atom is -0.493 e. The number of aromatic nitrogens is 3. The smallest absolute Gasteiger partial charge is 0.300 e. The van der Waals surface area contributed by atoms with Gasteiger partial charge in [-0.1, -0.05) is 5.16 Å². The summed E-state index contributed by atoms with van der Waals surface area (Å²) < 4.78 is 40.7. The molecule has 0 aliphatic heterocycles. The third kappa shape index (κ3) is 3.45. The van der Waals surface area contributed by atoms with E-state index in [0.29, 0.717) is 23.7 Å². The third-order valence-electron chi connectivity index (χ3n) is 2.91. The standard InChI is InChI=1S/C14H11F2N3O3S/c1-20-11-4-8(14-18-13(12(15)16)19-22-14)2-3-10(11)21-5-9-6-23-7-17-9/h2-4,6-7,12H,5H2,1H3. The lowest BCUT2D eigenvalue weighted by Crippen LogP contribution is -1.98. The van der Waals surface area contributed by atoms with Crippen LogP contribution in [-0.2, 0) is 6.61 Å². The Hall–Kier alpha value is -2.55. The number of benzene rings is 1. The van der Waals surface area contributed by atoms with Crippen LogP contribution in [0, 0.1) is 0 Å². The molecule has 0 fully saturated rings. The van der Waals surface area contributed by atoms with Gasteiger partial charge in [0.25, 0.3) is 5.89 Å². The number of alkyl halides is 2. The second-order valence-electron chi connectivity index (χ2n) is 4.39. The summed E-state index contributed by atoms with van der Waals surface area (Å²) in [6.45, 7) is 0.301. The summed E-state index contributed by atoms with van der Waals surface area (Å²) >= 11 is 1.48. The van der Waals surface area contributed by atoms with Gasteiger partial charge in [0.05, 0.1) is 18.3 Å². The molecule has 0 atom stereocenters. The van der Waals surface area contributed by atoms with Crippen molar-refractivity contribution in [2.24, 2.45) is 0 Å². The third-order valence-corrected chi connectivity index (χ3v) is 3.54. The van der Waals surface area contributed by atoms with Crippen LogP contribution in [-0.4, -0.2) is 22.2 Å². The van der Waals surface area contributed by atoms with Crippen LogP contribution in [0.3, 0.4) is 0 Å². The van der Waals surface area contributed by atoms with Crippen LogP contribution in [0.4, 0.5) is 8.78 Å². The Morgan fingerprint density at radius 3 is 2.83 bits per heavy atom. The molecule has 0 radical (unpaired) electrons. The van der Waals surface area contributed by atoms with Crippen molar-refractivity contribution in [2.45, 2.75) is 13.0 Å². The second kappa shape index (κ2) is 6.69. The average molecular weight is 339 g/mol. The molecule has 3 rings (SSSR count). The fourth-order valence-electron chi connectivity index (χ4n) is 1.82. The number of rotatable bonds is 6. The van der Waals surface area contributed by atoms with Gasteiger partial charge in [-0.05, 0) is 18.2 Å². The number of methoxy groups -OCH3 is 1. The van der Waals surface area contributed by atoms with Crippen LogP contribution >= 0.6 is 11.3 Å². The van der Waals surface area contributed by atoms with E-state index in [2.05, 4.69) is 15.1 Å². The summed E-state index contributed by atoms with van der Waals surface area (Å²) in [5.41, 5.74) is 2.98. The molecule has 9 heteroatoms. The normalized spacial score (nSPS) is 11.0. The lowest BCUT2D eigenvalue weighted by Gasteiger charge is -2.10. The predicted octanol–water partition coefficient (Wildman–Crippen LogP) is 3.72. The molecule has 2 aromatic heterocycles. The summed E-state index contributed by atoms with van der Waals surface area (Å²) in [4.78, 5) is 7.76. The maximum Gasteiger partial charge on any atom is 0.300 e. The minimum atomic E-state index is -2.78. The van der Waals surface area contributed by atoms with Crippen LogP contribution < -0.4 is 9.47 Å². The lowest BCUT2D eigenvalue weighted by molar-refractivity contribution is 0.136. The van der Waals surface area contributed by atoms with Crippen molar-refractivity contribution in [1.29, 1.82) is 0 Å². The number of halogens is 2. The van der Waals surface area contributed by atoms with Gasteiger partial charge in [-0.15, -0.1) is 11.3 Å². The largest absolute Gasteiger partial charge is 0.493 e. The Kier molecular flexibility index (Phi) is 4.47. The fourth-order valence-corrected chi connectivity index (χ4v) is 2.36. The molecule has 6 nitrogen and oxygen atoms in total. The second-order valence-corrected chi connectivity index (χ2v) is 5.11. The van der Waals surface area contributed by atoms with Gasteiger partial charge in [0, 0.05) is 10.9 Å². The van der Waals surface area contributed by atoms with Crippen LogP contribution in [0.15, 0.2) is 33.6 Å². The monoisotopic (exact) mass is 339 g/mol. The predicted molar refractivity (Wildman–Crippen MR) is 77.7 cm³/mol. The van der Waals surface area contributed by atoms with Gasteiger partial charge in [0.15, 0.2) is 11.5 Å². The zero-order valence-corrected chi connectivity index (χ0v) is 12.7. The fraction of sp³-hybridized carbons (Fsp3) is 0.214. The Morgan fingerprint density at radius 2 is 2.17 bits per heavy atom.